The van der Waals surface area contributed by atoms with Gasteiger partial charge in [0.05, 0.1) is 17.6 Å². The lowest BCUT2D eigenvalue weighted by Crippen LogP contribution is -2.13. The number of rotatable bonds is 4. The Morgan fingerprint density at radius 1 is 1.36 bits per heavy atom. The molecule has 0 saturated carbocycles. The van der Waals surface area contributed by atoms with Gasteiger partial charge in [-0.05, 0) is 29.6 Å². The molecule has 0 atom stereocenters. The zero-order chi connectivity index (χ0) is 15.5. The largest absolute Gasteiger partial charge is 0.496 e. The second kappa shape index (κ2) is 6.29. The number of methoxy groups -OCH3 is 1. The van der Waals surface area contributed by atoms with E-state index in [-0.39, 0.29) is 11.9 Å². The van der Waals surface area contributed by atoms with Crippen LogP contribution in [0.4, 0.5) is 6.01 Å². The average Bonchev–Trinajstić information content (AvgIpc) is 3.17. The van der Waals surface area contributed by atoms with E-state index in [1.165, 1.54) is 18.4 Å². The predicted molar refractivity (Wildman–Crippen MR) is 86.3 cm³/mol. The van der Waals surface area contributed by atoms with Crippen molar-refractivity contribution < 1.29 is 13.9 Å². The maximum atomic E-state index is 12.3. The van der Waals surface area contributed by atoms with Gasteiger partial charge in [-0.3, -0.25) is 10.1 Å². The monoisotopic (exact) mass is 379 g/mol. The molecule has 0 saturated heterocycles. The van der Waals surface area contributed by atoms with Crippen LogP contribution in [0, 0.1) is 0 Å². The minimum atomic E-state index is -0.384. The minimum Gasteiger partial charge on any atom is -0.496 e. The molecule has 0 fully saturated rings. The first kappa shape index (κ1) is 14.7. The van der Waals surface area contributed by atoms with Gasteiger partial charge in [-0.15, -0.1) is 16.4 Å². The van der Waals surface area contributed by atoms with Gasteiger partial charge in [0.15, 0.2) is 0 Å². The number of hydrogen-bond acceptors (Lipinski definition) is 6. The first-order valence-corrected chi connectivity index (χ1v) is 7.87. The van der Waals surface area contributed by atoms with Crippen LogP contribution in [-0.2, 0) is 0 Å². The van der Waals surface area contributed by atoms with Gasteiger partial charge in [0.2, 0.25) is 0 Å². The Kier molecular flexibility index (Phi) is 4.21. The number of amides is 1. The lowest BCUT2D eigenvalue weighted by atomic mass is 10.2. The van der Waals surface area contributed by atoms with Gasteiger partial charge >= 0.3 is 6.01 Å². The Balaban J connectivity index is 1.80. The summed E-state index contributed by atoms with van der Waals surface area (Å²) in [5.41, 5.74) is 0.376. The highest BCUT2D eigenvalue weighted by molar-refractivity contribution is 9.10. The lowest BCUT2D eigenvalue weighted by molar-refractivity contribution is 0.102. The van der Waals surface area contributed by atoms with E-state index < -0.39 is 0 Å². The topological polar surface area (TPSA) is 77.2 Å². The van der Waals surface area contributed by atoms with Crippen molar-refractivity contribution in [1.82, 2.24) is 10.2 Å². The highest BCUT2D eigenvalue weighted by atomic mass is 79.9. The highest BCUT2D eigenvalue weighted by Gasteiger charge is 2.16. The maximum Gasteiger partial charge on any atom is 0.322 e. The van der Waals surface area contributed by atoms with Crippen LogP contribution in [0.3, 0.4) is 0 Å². The molecule has 22 heavy (non-hydrogen) atoms. The van der Waals surface area contributed by atoms with Crippen LogP contribution >= 0.6 is 27.3 Å². The number of halogens is 1. The second-order valence-corrected chi connectivity index (χ2v) is 6.05. The molecule has 3 aromatic rings. The summed E-state index contributed by atoms with van der Waals surface area (Å²) in [6.07, 6.45) is 0. The molecule has 0 radical (unpaired) electrons. The molecule has 0 aliphatic rings. The molecule has 0 spiro atoms. The molecule has 2 heterocycles. The van der Waals surface area contributed by atoms with Crippen LogP contribution in [0.1, 0.15) is 10.4 Å². The fourth-order valence-electron chi connectivity index (χ4n) is 1.79. The van der Waals surface area contributed by atoms with Crippen LogP contribution in [0.25, 0.3) is 10.8 Å². The van der Waals surface area contributed by atoms with E-state index in [1.54, 1.807) is 18.2 Å². The van der Waals surface area contributed by atoms with Crippen molar-refractivity contribution >= 4 is 39.2 Å². The first-order valence-electron chi connectivity index (χ1n) is 6.19. The number of nitrogens with zero attached hydrogens (tertiary/aromatic N) is 2. The molecule has 1 aromatic carbocycles. The van der Waals surface area contributed by atoms with Crippen molar-refractivity contribution in [2.45, 2.75) is 0 Å². The smallest absolute Gasteiger partial charge is 0.322 e. The normalized spacial score (nSPS) is 10.5. The summed E-state index contributed by atoms with van der Waals surface area (Å²) in [4.78, 5) is 13.1. The van der Waals surface area contributed by atoms with Crippen molar-refractivity contribution in [3.8, 4) is 16.5 Å². The molecule has 3 rings (SSSR count). The summed E-state index contributed by atoms with van der Waals surface area (Å²) < 4.78 is 11.4. The van der Waals surface area contributed by atoms with Gasteiger partial charge in [0, 0.05) is 4.47 Å². The summed E-state index contributed by atoms with van der Waals surface area (Å²) >= 11 is 4.81. The Labute approximate surface area is 138 Å². The molecule has 112 valence electrons. The van der Waals surface area contributed by atoms with Gasteiger partial charge in [0.25, 0.3) is 11.8 Å². The van der Waals surface area contributed by atoms with Crippen LogP contribution in [0.15, 0.2) is 44.6 Å². The van der Waals surface area contributed by atoms with Crippen molar-refractivity contribution in [3.05, 3.63) is 45.7 Å². The quantitative estimate of drug-likeness (QED) is 0.745. The molecule has 1 N–H and O–H groups in total. The van der Waals surface area contributed by atoms with Crippen molar-refractivity contribution in [1.29, 1.82) is 0 Å². The number of hydrogen-bond donors (Lipinski definition) is 1. The Hall–Kier alpha value is -2.19. The van der Waals surface area contributed by atoms with E-state index in [0.29, 0.717) is 17.2 Å². The van der Waals surface area contributed by atoms with E-state index in [9.17, 15) is 4.79 Å². The number of aromatic nitrogens is 2. The van der Waals surface area contributed by atoms with Gasteiger partial charge in [0.1, 0.15) is 5.75 Å². The summed E-state index contributed by atoms with van der Waals surface area (Å²) in [5, 5.41) is 12.2. The zero-order valence-electron chi connectivity index (χ0n) is 11.4. The molecule has 2 aromatic heterocycles. The van der Waals surface area contributed by atoms with E-state index in [0.717, 1.165) is 9.35 Å². The van der Waals surface area contributed by atoms with Crippen molar-refractivity contribution in [2.24, 2.45) is 0 Å². The number of anilines is 1. The summed E-state index contributed by atoms with van der Waals surface area (Å²) in [6.45, 7) is 0. The number of benzene rings is 1. The van der Waals surface area contributed by atoms with Crippen molar-refractivity contribution in [3.63, 3.8) is 0 Å². The molecular weight excluding hydrogens is 370 g/mol. The summed E-state index contributed by atoms with van der Waals surface area (Å²) in [6, 6.07) is 8.89. The van der Waals surface area contributed by atoms with Crippen LogP contribution < -0.4 is 10.1 Å². The number of thiophene rings is 1. The lowest BCUT2D eigenvalue weighted by Gasteiger charge is -2.07. The fourth-order valence-corrected chi connectivity index (χ4v) is 2.77. The number of nitrogens with one attached hydrogen (secondary N) is 1. The minimum absolute atomic E-state index is 0.0402. The number of carbonyl (C=O) groups is 1. The Bertz CT molecular complexity index is 802. The van der Waals surface area contributed by atoms with Crippen LogP contribution in [0.2, 0.25) is 0 Å². The third-order valence-electron chi connectivity index (χ3n) is 2.79. The average molecular weight is 380 g/mol. The predicted octanol–water partition coefficient (Wildman–Crippen LogP) is 3.82. The highest BCUT2D eigenvalue weighted by Crippen LogP contribution is 2.26. The third-order valence-corrected chi connectivity index (χ3v) is 4.14. The van der Waals surface area contributed by atoms with Gasteiger partial charge in [-0.1, -0.05) is 27.1 Å². The summed E-state index contributed by atoms with van der Waals surface area (Å²) in [5.74, 6) is 0.434. The molecule has 1 amide bonds. The van der Waals surface area contributed by atoms with Crippen molar-refractivity contribution in [2.75, 3.05) is 12.4 Å². The number of carbonyl (C=O) groups excluding carboxylic acids is 1. The summed E-state index contributed by atoms with van der Waals surface area (Å²) in [7, 11) is 1.50. The maximum absolute atomic E-state index is 12.3. The van der Waals surface area contributed by atoms with E-state index in [4.69, 9.17) is 9.15 Å². The first-order chi connectivity index (χ1) is 10.7. The zero-order valence-corrected chi connectivity index (χ0v) is 13.8. The standard InChI is InChI=1S/C14H10BrN3O3S/c1-20-10-7-8(15)4-5-9(10)12(19)16-14-18-17-13(21-14)11-3-2-6-22-11/h2-7H,1H3,(H,16,18,19). The SMILES string of the molecule is COc1cc(Br)ccc1C(=O)Nc1nnc(-c2cccs2)o1. The van der Waals surface area contributed by atoms with Gasteiger partial charge in [-0.2, -0.15) is 0 Å². The van der Waals surface area contributed by atoms with E-state index >= 15 is 0 Å². The molecule has 0 aliphatic heterocycles. The van der Waals surface area contributed by atoms with E-state index in [1.807, 2.05) is 17.5 Å². The third kappa shape index (κ3) is 3.02. The molecule has 0 aliphatic carbocycles. The Morgan fingerprint density at radius 3 is 2.95 bits per heavy atom. The molecular formula is C14H10BrN3O3S. The van der Waals surface area contributed by atoms with E-state index in [2.05, 4.69) is 31.4 Å². The molecule has 6 nitrogen and oxygen atoms in total. The second-order valence-electron chi connectivity index (χ2n) is 4.19. The fraction of sp³-hybridized carbons (Fsp3) is 0.0714. The van der Waals surface area contributed by atoms with Crippen LogP contribution in [-0.4, -0.2) is 23.2 Å². The number of ether oxygens (including phenoxy) is 1. The van der Waals surface area contributed by atoms with Crippen LogP contribution in [0.5, 0.6) is 5.75 Å². The van der Waals surface area contributed by atoms with Gasteiger partial charge in [-0.25, -0.2) is 0 Å². The van der Waals surface area contributed by atoms with Gasteiger partial charge < -0.3 is 9.15 Å². The molecule has 0 unspecified atom stereocenters. The Morgan fingerprint density at radius 2 is 2.23 bits per heavy atom. The molecule has 8 heteroatoms. The molecule has 0 bridgehead atoms.